The lowest BCUT2D eigenvalue weighted by Gasteiger charge is -2.23. The van der Waals surface area contributed by atoms with Crippen LogP contribution in [0.25, 0.3) is 0 Å². The highest BCUT2D eigenvalue weighted by atomic mass is 16.5. The van der Waals surface area contributed by atoms with Gasteiger partial charge in [0.15, 0.2) is 0 Å². The lowest BCUT2D eigenvalue weighted by molar-refractivity contribution is 0.0229. The summed E-state index contributed by atoms with van der Waals surface area (Å²) < 4.78 is 10.8. The molecule has 1 aromatic rings. The zero-order chi connectivity index (χ0) is 14.3. The van der Waals surface area contributed by atoms with E-state index in [2.05, 4.69) is 5.32 Å². The molecule has 0 aliphatic carbocycles. The molecule has 5 heteroatoms. The summed E-state index contributed by atoms with van der Waals surface area (Å²) in [5.41, 5.74) is 0.0226. The van der Waals surface area contributed by atoms with Crippen LogP contribution in [0.5, 0.6) is 5.75 Å². The number of carboxylic acid groups (broad SMARTS) is 1. The van der Waals surface area contributed by atoms with E-state index in [1.807, 2.05) is 13.8 Å². The molecule has 0 bridgehead atoms. The summed E-state index contributed by atoms with van der Waals surface area (Å²) in [4.78, 5) is 10.8. The van der Waals surface area contributed by atoms with Crippen LogP contribution >= 0.6 is 0 Å². The molecule has 0 radical (unpaired) electrons. The predicted octanol–water partition coefficient (Wildman–Crippen LogP) is 1.78. The fraction of sp³-hybridized carbons (Fsp3) is 0.500. The van der Waals surface area contributed by atoms with Gasteiger partial charge in [0, 0.05) is 20.2 Å². The molecule has 0 atom stereocenters. The molecule has 1 aromatic carbocycles. The van der Waals surface area contributed by atoms with Crippen molar-refractivity contribution >= 4 is 5.97 Å². The number of rotatable bonds is 8. The minimum absolute atomic E-state index is 0.205. The fourth-order valence-electron chi connectivity index (χ4n) is 1.42. The Morgan fingerprint density at radius 3 is 2.79 bits per heavy atom. The van der Waals surface area contributed by atoms with Gasteiger partial charge in [0.05, 0.1) is 11.2 Å². The number of carboxylic acids is 1. The molecule has 19 heavy (non-hydrogen) atoms. The number of nitrogens with one attached hydrogen (secondary N) is 1. The van der Waals surface area contributed by atoms with Gasteiger partial charge in [-0.15, -0.1) is 0 Å². The third-order valence-corrected chi connectivity index (χ3v) is 2.73. The van der Waals surface area contributed by atoms with Crippen molar-refractivity contribution in [1.29, 1.82) is 0 Å². The number of ether oxygens (including phenoxy) is 2. The Hall–Kier alpha value is -1.59. The van der Waals surface area contributed by atoms with Gasteiger partial charge in [-0.2, -0.15) is 0 Å². The molecule has 0 amide bonds. The van der Waals surface area contributed by atoms with Gasteiger partial charge in [0.2, 0.25) is 0 Å². The molecule has 2 N–H and O–H groups in total. The van der Waals surface area contributed by atoms with Crippen molar-refractivity contribution < 1.29 is 19.4 Å². The molecule has 0 aromatic heterocycles. The number of aromatic carboxylic acids is 1. The first-order chi connectivity index (χ1) is 8.94. The van der Waals surface area contributed by atoms with Gasteiger partial charge in [-0.05, 0) is 32.0 Å². The summed E-state index contributed by atoms with van der Waals surface area (Å²) in [5.74, 6) is -0.391. The number of carbonyl (C=O) groups is 1. The van der Waals surface area contributed by atoms with Gasteiger partial charge >= 0.3 is 5.97 Å². The Balaban J connectivity index is 2.30. The SMILES string of the molecule is COC(C)(C)CNCCOc1cccc(C(=O)O)c1. The maximum Gasteiger partial charge on any atom is 0.335 e. The average Bonchev–Trinajstić information content (AvgIpc) is 2.38. The third-order valence-electron chi connectivity index (χ3n) is 2.73. The first-order valence-electron chi connectivity index (χ1n) is 6.16. The van der Waals surface area contributed by atoms with Crippen LogP contribution in [0.3, 0.4) is 0 Å². The topological polar surface area (TPSA) is 67.8 Å². The van der Waals surface area contributed by atoms with Crippen molar-refractivity contribution in [3.05, 3.63) is 29.8 Å². The van der Waals surface area contributed by atoms with Crippen molar-refractivity contribution in [2.45, 2.75) is 19.4 Å². The standard InChI is InChI=1S/C14H21NO4/c1-14(2,18-3)10-15-7-8-19-12-6-4-5-11(9-12)13(16)17/h4-6,9,15H,7-8,10H2,1-3H3,(H,16,17). The molecular weight excluding hydrogens is 246 g/mol. The normalized spacial score (nSPS) is 11.3. The Labute approximate surface area is 113 Å². The molecule has 0 heterocycles. The van der Waals surface area contributed by atoms with E-state index in [0.29, 0.717) is 18.9 Å². The number of methoxy groups -OCH3 is 1. The lowest BCUT2D eigenvalue weighted by atomic mass is 10.1. The molecule has 0 aliphatic heterocycles. The molecule has 106 valence electrons. The molecule has 0 unspecified atom stereocenters. The Morgan fingerprint density at radius 2 is 2.16 bits per heavy atom. The van der Waals surface area contributed by atoms with E-state index < -0.39 is 5.97 Å². The summed E-state index contributed by atoms with van der Waals surface area (Å²) in [6.07, 6.45) is 0. The maximum atomic E-state index is 10.8. The van der Waals surface area contributed by atoms with Crippen LogP contribution < -0.4 is 10.1 Å². The van der Waals surface area contributed by atoms with E-state index in [-0.39, 0.29) is 11.2 Å². The van der Waals surface area contributed by atoms with Crippen LogP contribution in [0.15, 0.2) is 24.3 Å². The third kappa shape index (κ3) is 5.72. The van der Waals surface area contributed by atoms with Crippen molar-refractivity contribution in [2.24, 2.45) is 0 Å². The van der Waals surface area contributed by atoms with Crippen LogP contribution in [-0.4, -0.2) is 43.5 Å². The van der Waals surface area contributed by atoms with E-state index in [1.165, 1.54) is 12.1 Å². The van der Waals surface area contributed by atoms with Crippen LogP contribution in [0.4, 0.5) is 0 Å². The highest BCUT2D eigenvalue weighted by Gasteiger charge is 2.14. The second kappa shape index (κ2) is 7.11. The Bertz CT molecular complexity index is 418. The summed E-state index contributed by atoms with van der Waals surface area (Å²) in [7, 11) is 1.68. The van der Waals surface area contributed by atoms with Gasteiger partial charge in [0.25, 0.3) is 0 Å². The average molecular weight is 267 g/mol. The van der Waals surface area contributed by atoms with E-state index in [4.69, 9.17) is 14.6 Å². The van der Waals surface area contributed by atoms with Crippen LogP contribution in [0.1, 0.15) is 24.2 Å². The van der Waals surface area contributed by atoms with Crippen molar-refractivity contribution in [3.63, 3.8) is 0 Å². The number of benzene rings is 1. The molecule has 0 spiro atoms. The zero-order valence-electron chi connectivity index (χ0n) is 11.6. The zero-order valence-corrected chi connectivity index (χ0v) is 11.6. The Morgan fingerprint density at radius 1 is 1.42 bits per heavy atom. The second-order valence-electron chi connectivity index (χ2n) is 4.82. The van der Waals surface area contributed by atoms with Crippen molar-refractivity contribution in [3.8, 4) is 5.75 Å². The van der Waals surface area contributed by atoms with Crippen LogP contribution in [0, 0.1) is 0 Å². The van der Waals surface area contributed by atoms with E-state index >= 15 is 0 Å². The van der Waals surface area contributed by atoms with Crippen molar-refractivity contribution in [1.82, 2.24) is 5.32 Å². The predicted molar refractivity (Wildman–Crippen MR) is 72.9 cm³/mol. The molecule has 0 aliphatic rings. The largest absolute Gasteiger partial charge is 0.492 e. The molecule has 0 saturated carbocycles. The quantitative estimate of drug-likeness (QED) is 0.703. The summed E-state index contributed by atoms with van der Waals surface area (Å²) in [6, 6.07) is 6.46. The minimum Gasteiger partial charge on any atom is -0.492 e. The van der Waals surface area contributed by atoms with Crippen LogP contribution in [0.2, 0.25) is 0 Å². The maximum absolute atomic E-state index is 10.8. The van der Waals surface area contributed by atoms with Gasteiger partial charge in [0.1, 0.15) is 12.4 Å². The number of hydrogen-bond donors (Lipinski definition) is 2. The van der Waals surface area contributed by atoms with Crippen LogP contribution in [-0.2, 0) is 4.74 Å². The second-order valence-corrected chi connectivity index (χ2v) is 4.82. The first kappa shape index (κ1) is 15.5. The van der Waals surface area contributed by atoms with Gasteiger partial charge in [-0.25, -0.2) is 4.79 Å². The lowest BCUT2D eigenvalue weighted by Crippen LogP contribution is -2.38. The number of hydrogen-bond acceptors (Lipinski definition) is 4. The summed E-state index contributed by atoms with van der Waals surface area (Å²) in [5, 5.41) is 12.1. The highest BCUT2D eigenvalue weighted by molar-refractivity contribution is 5.87. The Kier molecular flexibility index (Phi) is 5.79. The molecule has 1 rings (SSSR count). The van der Waals surface area contributed by atoms with E-state index in [9.17, 15) is 4.79 Å². The minimum atomic E-state index is -0.953. The molecule has 0 fully saturated rings. The summed E-state index contributed by atoms with van der Waals surface area (Å²) in [6.45, 7) is 5.86. The highest BCUT2D eigenvalue weighted by Crippen LogP contribution is 2.13. The van der Waals surface area contributed by atoms with Gasteiger partial charge in [-0.1, -0.05) is 6.07 Å². The van der Waals surface area contributed by atoms with E-state index in [1.54, 1.807) is 19.2 Å². The van der Waals surface area contributed by atoms with Crippen molar-refractivity contribution in [2.75, 3.05) is 26.8 Å². The van der Waals surface area contributed by atoms with Gasteiger partial charge in [-0.3, -0.25) is 0 Å². The molecule has 5 nitrogen and oxygen atoms in total. The van der Waals surface area contributed by atoms with Gasteiger partial charge < -0.3 is 19.9 Å². The fourth-order valence-corrected chi connectivity index (χ4v) is 1.42. The first-order valence-corrected chi connectivity index (χ1v) is 6.16. The smallest absolute Gasteiger partial charge is 0.335 e. The monoisotopic (exact) mass is 267 g/mol. The van der Waals surface area contributed by atoms with E-state index in [0.717, 1.165) is 6.54 Å². The molecular formula is C14H21NO4. The summed E-state index contributed by atoms with van der Waals surface area (Å²) >= 11 is 0. The molecule has 0 saturated heterocycles.